The molecular formula is C24H28FN5O3. The van der Waals surface area contributed by atoms with E-state index in [1.54, 1.807) is 12.1 Å². The van der Waals surface area contributed by atoms with Gasteiger partial charge in [-0.2, -0.15) is 5.10 Å². The van der Waals surface area contributed by atoms with Gasteiger partial charge in [0.1, 0.15) is 0 Å². The van der Waals surface area contributed by atoms with Crippen molar-refractivity contribution in [3.63, 3.8) is 0 Å². The molecular weight excluding hydrogens is 425 g/mol. The van der Waals surface area contributed by atoms with Crippen molar-refractivity contribution in [2.24, 2.45) is 10.8 Å². The molecule has 174 valence electrons. The van der Waals surface area contributed by atoms with Gasteiger partial charge in [-0.3, -0.25) is 9.89 Å². The molecule has 1 aromatic carbocycles. The molecule has 0 radical (unpaired) electrons. The average Bonchev–Trinajstić information content (AvgIpc) is 3.12. The Morgan fingerprint density at radius 3 is 2.48 bits per heavy atom. The monoisotopic (exact) mass is 453 g/mol. The Morgan fingerprint density at radius 1 is 1.18 bits per heavy atom. The summed E-state index contributed by atoms with van der Waals surface area (Å²) >= 11 is 0. The lowest BCUT2D eigenvalue weighted by Crippen LogP contribution is -2.70. The minimum absolute atomic E-state index is 0.165. The molecule has 4 heterocycles. The van der Waals surface area contributed by atoms with Crippen LogP contribution >= 0.6 is 0 Å². The van der Waals surface area contributed by atoms with Crippen molar-refractivity contribution in [2.45, 2.75) is 26.9 Å². The number of aryl methyl sites for hydroxylation is 1. The van der Waals surface area contributed by atoms with Gasteiger partial charge in [0.2, 0.25) is 0 Å². The number of aliphatic hydroxyl groups is 1. The summed E-state index contributed by atoms with van der Waals surface area (Å²) in [4.78, 5) is 22.5. The van der Waals surface area contributed by atoms with Crippen molar-refractivity contribution in [3.8, 4) is 17.0 Å². The lowest BCUT2D eigenvalue weighted by molar-refractivity contribution is -0.161. The molecule has 1 amide bonds. The summed E-state index contributed by atoms with van der Waals surface area (Å²) in [5, 5.41) is 28.4. The highest BCUT2D eigenvalue weighted by molar-refractivity contribution is 6.07. The maximum absolute atomic E-state index is 14.0. The number of benzene rings is 1. The first kappa shape index (κ1) is 21.8. The van der Waals surface area contributed by atoms with Crippen LogP contribution in [-0.2, 0) is 0 Å². The number of pyridine rings is 1. The SMILES string of the molecule is Cc1[nH]nc2nc(-c3ccc(O)c(F)c3)cc(C(=O)N3C[C@]4(C)CN(C)C[C@](C)(C3)C4O)c12. The van der Waals surface area contributed by atoms with Crippen LogP contribution in [0.5, 0.6) is 5.75 Å². The highest BCUT2D eigenvalue weighted by Gasteiger charge is 2.56. The molecule has 2 aromatic heterocycles. The number of phenolic OH excluding ortho intramolecular Hbond substituents is 1. The number of hydrogen-bond acceptors (Lipinski definition) is 6. The molecule has 3 N–H and O–H groups in total. The Morgan fingerprint density at radius 2 is 1.85 bits per heavy atom. The number of nitrogens with one attached hydrogen (secondary N) is 1. The Labute approximate surface area is 191 Å². The fourth-order valence-electron chi connectivity index (χ4n) is 5.98. The quantitative estimate of drug-likeness (QED) is 0.551. The molecule has 2 saturated heterocycles. The summed E-state index contributed by atoms with van der Waals surface area (Å²) in [7, 11) is 2.05. The number of carbonyl (C=O) groups is 1. The smallest absolute Gasteiger partial charge is 0.254 e. The highest BCUT2D eigenvalue weighted by atomic mass is 19.1. The fourth-order valence-corrected chi connectivity index (χ4v) is 5.98. The number of hydrogen-bond donors (Lipinski definition) is 3. The third-order valence-corrected chi connectivity index (χ3v) is 7.15. The van der Waals surface area contributed by atoms with Crippen molar-refractivity contribution in [3.05, 3.63) is 41.3 Å². The van der Waals surface area contributed by atoms with Gasteiger partial charge >= 0.3 is 0 Å². The number of halogens is 1. The molecule has 8 nitrogen and oxygen atoms in total. The van der Waals surface area contributed by atoms with Gasteiger partial charge in [-0.15, -0.1) is 0 Å². The zero-order valence-corrected chi connectivity index (χ0v) is 19.2. The molecule has 9 heteroatoms. The van der Waals surface area contributed by atoms with Crippen molar-refractivity contribution in [1.29, 1.82) is 0 Å². The van der Waals surface area contributed by atoms with Crippen molar-refractivity contribution >= 4 is 16.9 Å². The zero-order valence-electron chi connectivity index (χ0n) is 19.2. The lowest BCUT2D eigenvalue weighted by atomic mass is 9.63. The average molecular weight is 454 g/mol. The van der Waals surface area contributed by atoms with E-state index in [0.29, 0.717) is 54.0 Å². The van der Waals surface area contributed by atoms with E-state index in [1.165, 1.54) is 12.1 Å². The number of aliphatic hydroxyl groups excluding tert-OH is 1. The summed E-state index contributed by atoms with van der Waals surface area (Å²) in [6.07, 6.45) is -0.506. The number of aromatic hydroxyl groups is 1. The largest absolute Gasteiger partial charge is 0.505 e. The third kappa shape index (κ3) is 3.38. The number of H-pyrrole nitrogens is 1. The number of nitrogens with zero attached hydrogens (tertiary/aromatic N) is 4. The second kappa shape index (κ2) is 7.23. The number of amides is 1. The van der Waals surface area contributed by atoms with Crippen molar-refractivity contribution < 1.29 is 19.4 Å². The van der Waals surface area contributed by atoms with Gasteiger partial charge in [0.05, 0.1) is 22.7 Å². The van der Waals surface area contributed by atoms with E-state index in [1.807, 2.05) is 32.7 Å². The fraction of sp³-hybridized carbons (Fsp3) is 0.458. The third-order valence-electron chi connectivity index (χ3n) is 7.15. The molecule has 1 unspecified atom stereocenters. The number of aromatic nitrogens is 3. The summed E-state index contributed by atoms with van der Waals surface area (Å²) < 4.78 is 14.0. The highest BCUT2D eigenvalue weighted by Crippen LogP contribution is 2.46. The van der Waals surface area contributed by atoms with E-state index < -0.39 is 28.5 Å². The van der Waals surface area contributed by atoms with Crippen molar-refractivity contribution in [1.82, 2.24) is 25.0 Å². The van der Waals surface area contributed by atoms with E-state index in [2.05, 4.69) is 20.1 Å². The van der Waals surface area contributed by atoms with E-state index in [0.717, 1.165) is 5.69 Å². The van der Waals surface area contributed by atoms with E-state index >= 15 is 0 Å². The topological polar surface area (TPSA) is 106 Å². The first-order chi connectivity index (χ1) is 15.5. The van der Waals surface area contributed by atoms with E-state index in [9.17, 15) is 19.4 Å². The number of likely N-dealkylation sites (tertiary alicyclic amines) is 2. The van der Waals surface area contributed by atoms with E-state index in [4.69, 9.17) is 0 Å². The van der Waals surface area contributed by atoms with Gasteiger partial charge in [-0.05, 0) is 38.2 Å². The summed E-state index contributed by atoms with van der Waals surface area (Å²) in [5.74, 6) is -1.37. The predicted octanol–water partition coefficient (Wildman–Crippen LogP) is 2.55. The van der Waals surface area contributed by atoms with Gasteiger partial charge in [-0.1, -0.05) is 13.8 Å². The Hall–Kier alpha value is -3.04. The number of fused-ring (bicyclic) bond motifs is 3. The minimum atomic E-state index is -0.761. The molecule has 3 aromatic rings. The number of rotatable bonds is 2. The zero-order chi connectivity index (χ0) is 23.7. The second-order valence-electron chi connectivity index (χ2n) is 10.3. The number of phenols is 1. The molecule has 0 spiro atoms. The van der Waals surface area contributed by atoms with Crippen LogP contribution in [-0.4, -0.2) is 80.4 Å². The van der Waals surface area contributed by atoms with Crippen LogP contribution in [0.15, 0.2) is 24.3 Å². The molecule has 33 heavy (non-hydrogen) atoms. The molecule has 5 rings (SSSR count). The van der Waals surface area contributed by atoms with Crippen LogP contribution in [0.4, 0.5) is 4.39 Å². The first-order valence-electron chi connectivity index (χ1n) is 11.0. The second-order valence-corrected chi connectivity index (χ2v) is 10.3. The number of aromatic amines is 1. The van der Waals surface area contributed by atoms with Gasteiger partial charge in [0.25, 0.3) is 5.91 Å². The summed E-state index contributed by atoms with van der Waals surface area (Å²) in [6.45, 7) is 8.14. The standard InChI is InChI=1S/C24H28FN5O3/c1-13-19-15(8-17(26-20(19)28-27-13)14-5-6-18(31)16(25)7-14)21(32)30-11-23(2)9-29(4)10-24(3,12-30)22(23)33/h5-8,22,31,33H,9-12H2,1-4H3,(H,26,27,28)/t22?,23-,24+. The van der Waals surface area contributed by atoms with Gasteiger partial charge in [0, 0.05) is 48.3 Å². The molecule has 0 saturated carbocycles. The number of carbonyl (C=O) groups excluding carboxylic acids is 1. The molecule has 2 fully saturated rings. The Bertz CT molecular complexity index is 1250. The Kier molecular flexibility index (Phi) is 4.77. The van der Waals surface area contributed by atoms with Crippen LogP contribution in [0.1, 0.15) is 29.9 Å². The molecule has 2 aliphatic rings. The Balaban J connectivity index is 1.60. The maximum atomic E-state index is 14.0. The molecule has 2 bridgehead atoms. The maximum Gasteiger partial charge on any atom is 0.254 e. The molecule has 2 aliphatic heterocycles. The van der Waals surface area contributed by atoms with Crippen LogP contribution in [0.2, 0.25) is 0 Å². The number of piperidine rings is 2. The summed E-state index contributed by atoms with van der Waals surface area (Å²) in [5.41, 5.74) is 1.46. The van der Waals surface area contributed by atoms with Crippen LogP contribution in [0.3, 0.4) is 0 Å². The molecule has 3 atom stereocenters. The van der Waals surface area contributed by atoms with Gasteiger partial charge < -0.3 is 20.0 Å². The van der Waals surface area contributed by atoms with Crippen molar-refractivity contribution in [2.75, 3.05) is 33.2 Å². The first-order valence-corrected chi connectivity index (χ1v) is 11.0. The summed E-state index contributed by atoms with van der Waals surface area (Å²) in [6, 6.07) is 5.67. The minimum Gasteiger partial charge on any atom is -0.505 e. The van der Waals surface area contributed by atoms with Crippen LogP contribution in [0, 0.1) is 23.6 Å². The van der Waals surface area contributed by atoms with E-state index in [-0.39, 0.29) is 5.91 Å². The van der Waals surface area contributed by atoms with Gasteiger partial charge in [-0.25, -0.2) is 9.37 Å². The van der Waals surface area contributed by atoms with Gasteiger partial charge in [0.15, 0.2) is 17.2 Å². The lowest BCUT2D eigenvalue weighted by Gasteiger charge is -2.59. The van der Waals surface area contributed by atoms with Crippen LogP contribution in [0.25, 0.3) is 22.3 Å². The molecule has 0 aliphatic carbocycles. The normalized spacial score (nSPS) is 27.8. The van der Waals surface area contributed by atoms with Crippen LogP contribution < -0.4 is 0 Å². The predicted molar refractivity (Wildman–Crippen MR) is 121 cm³/mol.